The van der Waals surface area contributed by atoms with E-state index in [0.29, 0.717) is 23.2 Å². The molecule has 3 nitrogen and oxygen atoms in total. The molecule has 2 aromatic heterocycles. The summed E-state index contributed by atoms with van der Waals surface area (Å²) < 4.78 is 13.5. The molecule has 0 saturated heterocycles. The number of benzene rings is 1. The Labute approximate surface area is 124 Å². The summed E-state index contributed by atoms with van der Waals surface area (Å²) in [5.74, 6) is 0.159. The minimum absolute atomic E-state index is 0.251. The standard InChI is InChI=1S/C14H11ClFN3S/c1-8-6-10-12(15)18-14(19-13(10)20-8)17-7-9-4-2-3-5-11(9)16/h2-6H,7H2,1H3,(H,17,18,19). The molecule has 6 heteroatoms. The van der Waals surface area contributed by atoms with Crippen LogP contribution < -0.4 is 5.32 Å². The quantitative estimate of drug-likeness (QED) is 0.729. The van der Waals surface area contributed by atoms with Crippen molar-refractivity contribution in [3.63, 3.8) is 0 Å². The van der Waals surface area contributed by atoms with Gasteiger partial charge in [0, 0.05) is 22.4 Å². The molecule has 3 rings (SSSR count). The fraction of sp³-hybridized carbons (Fsp3) is 0.143. The van der Waals surface area contributed by atoms with Gasteiger partial charge in [0.05, 0.1) is 0 Å². The lowest BCUT2D eigenvalue weighted by atomic mass is 10.2. The first kappa shape index (κ1) is 13.3. The van der Waals surface area contributed by atoms with Crippen molar-refractivity contribution in [2.24, 2.45) is 0 Å². The Hall–Kier alpha value is -1.72. The Bertz CT molecular complexity index is 772. The van der Waals surface area contributed by atoms with Crippen molar-refractivity contribution in [2.45, 2.75) is 13.5 Å². The molecule has 1 N–H and O–H groups in total. The smallest absolute Gasteiger partial charge is 0.225 e. The molecule has 0 fully saturated rings. The van der Waals surface area contributed by atoms with Crippen molar-refractivity contribution in [1.82, 2.24) is 9.97 Å². The first-order chi connectivity index (χ1) is 9.63. The van der Waals surface area contributed by atoms with Crippen LogP contribution in [0.25, 0.3) is 10.2 Å². The van der Waals surface area contributed by atoms with E-state index in [1.165, 1.54) is 6.07 Å². The average Bonchev–Trinajstić information content (AvgIpc) is 2.79. The second-order valence-electron chi connectivity index (χ2n) is 4.36. The summed E-state index contributed by atoms with van der Waals surface area (Å²) in [5.41, 5.74) is 0.565. The molecule has 0 amide bonds. The maximum absolute atomic E-state index is 13.5. The number of nitrogens with zero attached hydrogens (tertiary/aromatic N) is 2. The van der Waals surface area contributed by atoms with Gasteiger partial charge in [-0.1, -0.05) is 29.8 Å². The van der Waals surface area contributed by atoms with Gasteiger partial charge in [0.2, 0.25) is 5.95 Å². The summed E-state index contributed by atoms with van der Waals surface area (Å²) in [7, 11) is 0. The van der Waals surface area contributed by atoms with Crippen molar-refractivity contribution in [1.29, 1.82) is 0 Å². The van der Waals surface area contributed by atoms with Gasteiger partial charge in [0.1, 0.15) is 15.8 Å². The van der Waals surface area contributed by atoms with Crippen LogP contribution in [-0.4, -0.2) is 9.97 Å². The van der Waals surface area contributed by atoms with Crippen LogP contribution in [0.3, 0.4) is 0 Å². The van der Waals surface area contributed by atoms with E-state index >= 15 is 0 Å². The van der Waals surface area contributed by atoms with Crippen molar-refractivity contribution >= 4 is 39.1 Å². The predicted molar refractivity (Wildman–Crippen MR) is 80.9 cm³/mol. The summed E-state index contributed by atoms with van der Waals surface area (Å²) in [4.78, 5) is 10.5. The Morgan fingerprint density at radius 2 is 2.10 bits per heavy atom. The number of aryl methyl sites for hydroxylation is 1. The Balaban J connectivity index is 1.86. The molecule has 3 aromatic rings. The van der Waals surface area contributed by atoms with Crippen LogP contribution in [0.15, 0.2) is 30.3 Å². The van der Waals surface area contributed by atoms with Gasteiger partial charge in [-0.25, -0.2) is 14.4 Å². The molecular weight excluding hydrogens is 297 g/mol. The second-order valence-corrected chi connectivity index (χ2v) is 5.95. The van der Waals surface area contributed by atoms with Gasteiger partial charge in [-0.3, -0.25) is 0 Å². The van der Waals surface area contributed by atoms with E-state index < -0.39 is 0 Å². The van der Waals surface area contributed by atoms with Crippen LogP contribution in [-0.2, 0) is 6.54 Å². The Morgan fingerprint density at radius 3 is 2.90 bits per heavy atom. The van der Waals surface area contributed by atoms with Gasteiger partial charge in [-0.2, -0.15) is 0 Å². The van der Waals surface area contributed by atoms with E-state index in [4.69, 9.17) is 11.6 Å². The fourth-order valence-corrected chi connectivity index (χ4v) is 3.06. The van der Waals surface area contributed by atoms with E-state index in [9.17, 15) is 4.39 Å². The third-order valence-corrected chi connectivity index (χ3v) is 4.10. The van der Waals surface area contributed by atoms with Gasteiger partial charge < -0.3 is 5.32 Å². The highest BCUT2D eigenvalue weighted by molar-refractivity contribution is 7.18. The molecule has 0 spiro atoms. The molecule has 0 saturated carbocycles. The molecule has 1 aromatic carbocycles. The number of halogens is 2. The molecule has 0 aliphatic heterocycles. The third-order valence-electron chi connectivity index (χ3n) is 2.86. The molecule has 102 valence electrons. The van der Waals surface area contributed by atoms with Crippen LogP contribution in [0, 0.1) is 12.7 Å². The number of thiophene rings is 1. The highest BCUT2D eigenvalue weighted by Crippen LogP contribution is 2.29. The lowest BCUT2D eigenvalue weighted by molar-refractivity contribution is 0.612. The number of hydrogen-bond acceptors (Lipinski definition) is 4. The van der Waals surface area contributed by atoms with Gasteiger partial charge in [0.15, 0.2) is 0 Å². The van der Waals surface area contributed by atoms with Crippen LogP contribution in [0.4, 0.5) is 10.3 Å². The number of aromatic nitrogens is 2. The normalized spacial score (nSPS) is 10.9. The average molecular weight is 308 g/mol. The largest absolute Gasteiger partial charge is 0.350 e. The number of anilines is 1. The van der Waals surface area contributed by atoms with E-state index in [1.54, 1.807) is 29.5 Å². The first-order valence-electron chi connectivity index (χ1n) is 6.04. The van der Waals surface area contributed by atoms with E-state index in [1.807, 2.05) is 13.0 Å². The molecule has 0 bridgehead atoms. The summed E-state index contributed by atoms with van der Waals surface area (Å²) in [6.45, 7) is 2.31. The predicted octanol–water partition coefficient (Wildman–Crippen LogP) is 4.40. The van der Waals surface area contributed by atoms with Crippen molar-refractivity contribution in [2.75, 3.05) is 5.32 Å². The topological polar surface area (TPSA) is 37.8 Å². The van der Waals surface area contributed by atoms with Crippen molar-refractivity contribution in [3.8, 4) is 0 Å². The third kappa shape index (κ3) is 2.59. The molecule has 0 unspecified atom stereocenters. The van der Waals surface area contributed by atoms with Crippen LogP contribution in [0.5, 0.6) is 0 Å². The molecule has 20 heavy (non-hydrogen) atoms. The monoisotopic (exact) mass is 307 g/mol. The maximum atomic E-state index is 13.5. The number of rotatable bonds is 3. The van der Waals surface area contributed by atoms with Gasteiger partial charge in [-0.15, -0.1) is 11.3 Å². The minimum atomic E-state index is -0.251. The summed E-state index contributed by atoms with van der Waals surface area (Å²) >= 11 is 7.69. The first-order valence-corrected chi connectivity index (χ1v) is 7.24. The van der Waals surface area contributed by atoms with E-state index in [2.05, 4.69) is 15.3 Å². The zero-order valence-corrected chi connectivity index (χ0v) is 12.2. The van der Waals surface area contributed by atoms with E-state index in [0.717, 1.165) is 15.1 Å². The molecule has 0 radical (unpaired) electrons. The SMILES string of the molecule is Cc1cc2c(Cl)nc(NCc3ccccc3F)nc2s1. The summed E-state index contributed by atoms with van der Waals surface area (Å²) in [6, 6.07) is 8.56. The maximum Gasteiger partial charge on any atom is 0.225 e. The number of hydrogen-bond donors (Lipinski definition) is 1. The number of nitrogens with one attached hydrogen (secondary N) is 1. The van der Waals surface area contributed by atoms with Crippen LogP contribution in [0.1, 0.15) is 10.4 Å². The van der Waals surface area contributed by atoms with Crippen LogP contribution in [0.2, 0.25) is 5.15 Å². The lowest BCUT2D eigenvalue weighted by Crippen LogP contribution is -2.05. The second kappa shape index (κ2) is 5.34. The molecule has 0 atom stereocenters. The highest BCUT2D eigenvalue weighted by atomic mass is 35.5. The van der Waals surface area contributed by atoms with Crippen molar-refractivity contribution in [3.05, 3.63) is 51.7 Å². The van der Waals surface area contributed by atoms with Gasteiger partial charge in [-0.05, 0) is 19.1 Å². The fourth-order valence-electron chi connectivity index (χ4n) is 1.90. The molecule has 0 aliphatic carbocycles. The zero-order chi connectivity index (χ0) is 14.1. The van der Waals surface area contributed by atoms with Gasteiger partial charge in [0.25, 0.3) is 0 Å². The Kier molecular flexibility index (Phi) is 3.54. The van der Waals surface area contributed by atoms with Crippen molar-refractivity contribution < 1.29 is 4.39 Å². The summed E-state index contributed by atoms with van der Waals surface area (Å²) in [5, 5.41) is 4.27. The molecule has 0 aliphatic rings. The summed E-state index contributed by atoms with van der Waals surface area (Å²) in [6.07, 6.45) is 0. The van der Waals surface area contributed by atoms with Crippen LogP contribution >= 0.6 is 22.9 Å². The van der Waals surface area contributed by atoms with E-state index in [-0.39, 0.29) is 5.82 Å². The molecule has 2 heterocycles. The molecular formula is C14H11ClFN3S. The Morgan fingerprint density at radius 1 is 1.30 bits per heavy atom. The lowest BCUT2D eigenvalue weighted by Gasteiger charge is -2.06. The van der Waals surface area contributed by atoms with Gasteiger partial charge >= 0.3 is 0 Å². The number of fused-ring (bicyclic) bond motifs is 1. The minimum Gasteiger partial charge on any atom is -0.350 e. The zero-order valence-electron chi connectivity index (χ0n) is 10.7. The highest BCUT2D eigenvalue weighted by Gasteiger charge is 2.09.